The molecule has 162 valence electrons. The van der Waals surface area contributed by atoms with Crippen molar-refractivity contribution in [1.29, 1.82) is 0 Å². The third-order valence-corrected chi connectivity index (χ3v) is 7.90. The smallest absolute Gasteiger partial charge is 0.314 e. The number of hydrogen-bond acceptors (Lipinski definition) is 5. The molecule has 1 atom stereocenters. The summed E-state index contributed by atoms with van der Waals surface area (Å²) in [4.78, 5) is 40.6. The molecule has 10 heteroatoms. The summed E-state index contributed by atoms with van der Waals surface area (Å²) in [6.07, 6.45) is 6.68. The van der Waals surface area contributed by atoms with Crippen LogP contribution in [0.2, 0.25) is 0 Å². The predicted molar refractivity (Wildman–Crippen MR) is 112 cm³/mol. The quantitative estimate of drug-likeness (QED) is 0.619. The summed E-state index contributed by atoms with van der Waals surface area (Å²) < 4.78 is 27.7. The Kier molecular flexibility index (Phi) is 5.79. The van der Waals surface area contributed by atoms with E-state index < -0.39 is 21.1 Å². The van der Waals surface area contributed by atoms with Crippen LogP contribution in [-0.4, -0.2) is 47.7 Å². The highest BCUT2D eigenvalue weighted by Crippen LogP contribution is 2.26. The lowest BCUT2D eigenvalue weighted by atomic mass is 9.93. The molecule has 1 aromatic carbocycles. The number of carbonyl (C=O) groups excluding carboxylic acids is 1. The highest BCUT2D eigenvalue weighted by molar-refractivity contribution is 7.89. The first kappa shape index (κ1) is 20.8. The van der Waals surface area contributed by atoms with Crippen molar-refractivity contribution in [3.8, 4) is 0 Å². The summed E-state index contributed by atoms with van der Waals surface area (Å²) in [6.45, 7) is 0.483. The van der Waals surface area contributed by atoms with E-state index in [1.807, 2.05) is 0 Å². The summed E-state index contributed by atoms with van der Waals surface area (Å²) in [5.41, 5.74) is -1.04. The number of amides is 1. The Morgan fingerprint density at radius 1 is 0.967 bits per heavy atom. The molecule has 1 saturated heterocycles. The minimum Gasteiger partial charge on any atom is -0.353 e. The van der Waals surface area contributed by atoms with Crippen molar-refractivity contribution in [3.63, 3.8) is 0 Å². The number of carbonyl (C=O) groups is 1. The fourth-order valence-electron chi connectivity index (χ4n) is 4.34. The minimum atomic E-state index is -3.84. The molecule has 1 amide bonds. The molecular formula is C20H26N4O5S. The maximum absolute atomic E-state index is 13.2. The average Bonchev–Trinajstić information content (AvgIpc) is 2.75. The second-order valence-electron chi connectivity index (χ2n) is 8.16. The van der Waals surface area contributed by atoms with Gasteiger partial charge >= 0.3 is 11.1 Å². The largest absolute Gasteiger partial charge is 0.353 e. The first-order chi connectivity index (χ1) is 14.3. The number of rotatable bonds is 4. The van der Waals surface area contributed by atoms with Crippen LogP contribution in [-0.2, 0) is 14.8 Å². The number of benzene rings is 1. The zero-order chi connectivity index (χ0) is 21.3. The monoisotopic (exact) mass is 434 g/mol. The number of nitrogens with one attached hydrogen (secondary N) is 3. The summed E-state index contributed by atoms with van der Waals surface area (Å²) in [5, 5.41) is 3.10. The van der Waals surface area contributed by atoms with E-state index in [1.165, 1.54) is 28.9 Å². The standard InChI is InChI=1S/C20H26N4O5S/c25-18(21-14-6-2-1-3-7-14)13-5-4-10-24(12-13)30(28,29)15-8-9-16-17(11-15)23-20(27)19(26)22-16/h8-9,11,13-14H,1-7,10,12H2,(H,21,25)(H,22,26)(H,23,27). The van der Waals surface area contributed by atoms with E-state index in [1.54, 1.807) is 0 Å². The zero-order valence-corrected chi connectivity index (χ0v) is 17.5. The SMILES string of the molecule is O=C(NC1CCCCC1)C1CCCN(S(=O)(=O)c2ccc3[nH]c(=O)c(=O)[nH]c3c2)C1. The highest BCUT2D eigenvalue weighted by Gasteiger charge is 2.34. The van der Waals surface area contributed by atoms with Gasteiger partial charge in [-0.3, -0.25) is 14.4 Å². The van der Waals surface area contributed by atoms with Crippen LogP contribution in [0.4, 0.5) is 0 Å². The molecule has 4 rings (SSSR count). The Morgan fingerprint density at radius 3 is 2.40 bits per heavy atom. The van der Waals surface area contributed by atoms with E-state index in [0.717, 1.165) is 25.7 Å². The van der Waals surface area contributed by atoms with E-state index in [2.05, 4.69) is 15.3 Å². The first-order valence-corrected chi connectivity index (χ1v) is 11.9. The molecule has 3 N–H and O–H groups in total. The van der Waals surface area contributed by atoms with Crippen LogP contribution < -0.4 is 16.4 Å². The fraction of sp³-hybridized carbons (Fsp3) is 0.550. The van der Waals surface area contributed by atoms with Gasteiger partial charge in [-0.2, -0.15) is 4.31 Å². The lowest BCUT2D eigenvalue weighted by Gasteiger charge is -2.32. The molecule has 0 radical (unpaired) electrons. The van der Waals surface area contributed by atoms with Gasteiger partial charge in [-0.1, -0.05) is 19.3 Å². The number of aromatic amines is 2. The second kappa shape index (κ2) is 8.35. The van der Waals surface area contributed by atoms with Crippen molar-refractivity contribution < 1.29 is 13.2 Å². The van der Waals surface area contributed by atoms with E-state index in [9.17, 15) is 22.8 Å². The van der Waals surface area contributed by atoms with Gasteiger partial charge in [0, 0.05) is 19.1 Å². The van der Waals surface area contributed by atoms with Crippen molar-refractivity contribution >= 4 is 27.0 Å². The van der Waals surface area contributed by atoms with Crippen LogP contribution in [0.1, 0.15) is 44.9 Å². The Morgan fingerprint density at radius 2 is 1.67 bits per heavy atom. The zero-order valence-electron chi connectivity index (χ0n) is 16.6. The molecule has 1 saturated carbocycles. The number of fused-ring (bicyclic) bond motifs is 1. The van der Waals surface area contributed by atoms with E-state index in [-0.39, 0.29) is 34.8 Å². The third kappa shape index (κ3) is 4.20. The van der Waals surface area contributed by atoms with Crippen molar-refractivity contribution in [1.82, 2.24) is 19.6 Å². The number of sulfonamides is 1. The Bertz CT molecular complexity index is 1160. The third-order valence-electron chi connectivity index (χ3n) is 6.04. The maximum atomic E-state index is 13.2. The summed E-state index contributed by atoms with van der Waals surface area (Å²) >= 11 is 0. The maximum Gasteiger partial charge on any atom is 0.314 e. The second-order valence-corrected chi connectivity index (χ2v) is 10.1. The van der Waals surface area contributed by atoms with Gasteiger partial charge < -0.3 is 15.3 Å². The molecule has 0 spiro atoms. The van der Waals surface area contributed by atoms with Crippen LogP contribution in [0.3, 0.4) is 0 Å². The van der Waals surface area contributed by atoms with Gasteiger partial charge in [-0.25, -0.2) is 8.42 Å². The summed E-state index contributed by atoms with van der Waals surface area (Å²) in [7, 11) is -3.84. The molecule has 1 aliphatic carbocycles. The van der Waals surface area contributed by atoms with Crippen LogP contribution >= 0.6 is 0 Å². The lowest BCUT2D eigenvalue weighted by Crippen LogP contribution is -2.47. The molecule has 2 aliphatic rings. The molecule has 1 aromatic heterocycles. The van der Waals surface area contributed by atoms with Crippen LogP contribution in [0.25, 0.3) is 11.0 Å². The molecular weight excluding hydrogens is 408 g/mol. The number of H-pyrrole nitrogens is 2. The van der Waals surface area contributed by atoms with E-state index >= 15 is 0 Å². The highest BCUT2D eigenvalue weighted by atomic mass is 32.2. The average molecular weight is 435 g/mol. The van der Waals surface area contributed by atoms with Gasteiger partial charge in [0.1, 0.15) is 0 Å². The predicted octanol–water partition coefficient (Wildman–Crippen LogP) is 1.07. The first-order valence-electron chi connectivity index (χ1n) is 10.4. The topological polar surface area (TPSA) is 132 Å². The van der Waals surface area contributed by atoms with Crippen LogP contribution in [0.15, 0.2) is 32.7 Å². The van der Waals surface area contributed by atoms with Crippen molar-refractivity contribution in [2.75, 3.05) is 13.1 Å². The normalized spacial score (nSPS) is 21.5. The number of aromatic nitrogens is 2. The minimum absolute atomic E-state index is 0.0195. The Balaban J connectivity index is 1.52. The Labute approximate surface area is 173 Å². The number of hydrogen-bond donors (Lipinski definition) is 3. The summed E-state index contributed by atoms with van der Waals surface area (Å²) in [6, 6.07) is 4.39. The number of nitrogens with zero attached hydrogens (tertiary/aromatic N) is 1. The molecule has 30 heavy (non-hydrogen) atoms. The molecule has 1 unspecified atom stereocenters. The van der Waals surface area contributed by atoms with Crippen molar-refractivity contribution in [2.45, 2.75) is 55.9 Å². The van der Waals surface area contributed by atoms with Crippen molar-refractivity contribution in [2.24, 2.45) is 5.92 Å². The van der Waals surface area contributed by atoms with Crippen LogP contribution in [0.5, 0.6) is 0 Å². The fourth-order valence-corrected chi connectivity index (χ4v) is 5.89. The van der Waals surface area contributed by atoms with E-state index in [0.29, 0.717) is 24.9 Å². The van der Waals surface area contributed by atoms with Gasteiger partial charge in [0.15, 0.2) is 0 Å². The number of piperidine rings is 1. The van der Waals surface area contributed by atoms with Crippen LogP contribution in [0, 0.1) is 5.92 Å². The van der Waals surface area contributed by atoms with Gasteiger partial charge in [-0.05, 0) is 43.9 Å². The van der Waals surface area contributed by atoms with Crippen molar-refractivity contribution in [3.05, 3.63) is 38.9 Å². The molecule has 2 aromatic rings. The molecule has 9 nitrogen and oxygen atoms in total. The molecule has 2 fully saturated rings. The molecule has 0 bridgehead atoms. The molecule has 2 heterocycles. The lowest BCUT2D eigenvalue weighted by molar-refractivity contribution is -0.127. The Hall–Kier alpha value is -2.46. The van der Waals surface area contributed by atoms with Gasteiger partial charge in [0.05, 0.1) is 21.8 Å². The van der Waals surface area contributed by atoms with E-state index in [4.69, 9.17) is 0 Å². The van der Waals surface area contributed by atoms with Gasteiger partial charge in [0.25, 0.3) is 0 Å². The summed E-state index contributed by atoms with van der Waals surface area (Å²) in [5.74, 6) is -0.436. The van der Waals surface area contributed by atoms with Gasteiger partial charge in [-0.15, -0.1) is 0 Å². The van der Waals surface area contributed by atoms with Gasteiger partial charge in [0.2, 0.25) is 15.9 Å². The molecule has 1 aliphatic heterocycles.